The number of nitrogens with one attached hydrogen (secondary N) is 1. The van der Waals surface area contributed by atoms with Gasteiger partial charge < -0.3 is 11.1 Å². The molecule has 2 rings (SSSR count). The molecule has 2 aromatic heterocycles. The van der Waals surface area contributed by atoms with Gasteiger partial charge in [-0.2, -0.15) is 18.3 Å². The van der Waals surface area contributed by atoms with Gasteiger partial charge in [0.25, 0.3) is 0 Å². The SMILES string of the molecule is CC(N)CCCNc1nccn2nc(C(F)(F)F)cc12. The number of anilines is 1. The highest BCUT2D eigenvalue weighted by Gasteiger charge is 2.34. The van der Waals surface area contributed by atoms with Gasteiger partial charge in [0, 0.05) is 31.0 Å². The van der Waals surface area contributed by atoms with E-state index in [-0.39, 0.29) is 6.04 Å². The highest BCUT2D eigenvalue weighted by atomic mass is 19.4. The number of alkyl halides is 3. The summed E-state index contributed by atoms with van der Waals surface area (Å²) in [6.45, 7) is 2.51. The van der Waals surface area contributed by atoms with Crippen LogP contribution in [-0.2, 0) is 6.18 Å². The van der Waals surface area contributed by atoms with Crippen molar-refractivity contribution >= 4 is 11.3 Å². The maximum absolute atomic E-state index is 12.6. The van der Waals surface area contributed by atoms with E-state index in [9.17, 15) is 13.2 Å². The van der Waals surface area contributed by atoms with Crippen LogP contribution in [-0.4, -0.2) is 27.2 Å². The molecule has 0 aliphatic carbocycles. The van der Waals surface area contributed by atoms with E-state index in [4.69, 9.17) is 5.73 Å². The Labute approximate surface area is 114 Å². The average Bonchev–Trinajstić information content (AvgIpc) is 2.78. The third kappa shape index (κ3) is 3.38. The second kappa shape index (κ2) is 5.66. The second-order valence-electron chi connectivity index (χ2n) is 4.68. The number of rotatable bonds is 5. The van der Waals surface area contributed by atoms with Gasteiger partial charge in [-0.05, 0) is 19.8 Å². The minimum absolute atomic E-state index is 0.104. The van der Waals surface area contributed by atoms with E-state index in [0.717, 1.165) is 18.9 Å². The maximum atomic E-state index is 12.6. The van der Waals surface area contributed by atoms with Gasteiger partial charge in [0.2, 0.25) is 0 Å². The van der Waals surface area contributed by atoms with Crippen molar-refractivity contribution in [2.24, 2.45) is 5.73 Å². The third-order valence-corrected chi connectivity index (χ3v) is 2.81. The Balaban J connectivity index is 2.15. The maximum Gasteiger partial charge on any atom is 0.435 e. The summed E-state index contributed by atoms with van der Waals surface area (Å²) in [6, 6.07) is 1.09. The van der Waals surface area contributed by atoms with Crippen LogP contribution >= 0.6 is 0 Å². The molecule has 110 valence electrons. The molecule has 20 heavy (non-hydrogen) atoms. The first kappa shape index (κ1) is 14.6. The topological polar surface area (TPSA) is 68.2 Å². The minimum Gasteiger partial charge on any atom is -0.368 e. The first-order valence-electron chi connectivity index (χ1n) is 6.29. The van der Waals surface area contributed by atoms with Crippen LogP contribution in [0.5, 0.6) is 0 Å². The summed E-state index contributed by atoms with van der Waals surface area (Å²) in [5.41, 5.74) is 5.01. The van der Waals surface area contributed by atoms with Crippen LogP contribution < -0.4 is 11.1 Å². The predicted octanol–water partition coefficient (Wildman–Crippen LogP) is 2.29. The Bertz CT molecular complexity index is 576. The number of nitrogens with two attached hydrogens (primary N) is 1. The van der Waals surface area contributed by atoms with Crippen LogP contribution in [0.3, 0.4) is 0 Å². The predicted molar refractivity (Wildman–Crippen MR) is 69.4 cm³/mol. The second-order valence-corrected chi connectivity index (χ2v) is 4.68. The number of halogens is 3. The molecule has 0 fully saturated rings. The van der Waals surface area contributed by atoms with Crippen molar-refractivity contribution < 1.29 is 13.2 Å². The van der Waals surface area contributed by atoms with E-state index in [1.807, 2.05) is 6.92 Å². The lowest BCUT2D eigenvalue weighted by Crippen LogP contribution is -2.16. The van der Waals surface area contributed by atoms with Crippen molar-refractivity contribution in [1.82, 2.24) is 14.6 Å². The van der Waals surface area contributed by atoms with E-state index in [2.05, 4.69) is 15.4 Å². The van der Waals surface area contributed by atoms with Gasteiger partial charge in [-0.15, -0.1) is 0 Å². The number of aromatic nitrogens is 3. The van der Waals surface area contributed by atoms with Crippen LogP contribution in [0.2, 0.25) is 0 Å². The summed E-state index contributed by atoms with van der Waals surface area (Å²) in [4.78, 5) is 4.05. The minimum atomic E-state index is -4.46. The Morgan fingerprint density at radius 3 is 2.85 bits per heavy atom. The molecule has 0 radical (unpaired) electrons. The van der Waals surface area contributed by atoms with Gasteiger partial charge >= 0.3 is 6.18 Å². The van der Waals surface area contributed by atoms with Gasteiger partial charge in [-0.25, -0.2) is 9.50 Å². The van der Waals surface area contributed by atoms with Crippen LogP contribution in [0.25, 0.3) is 5.52 Å². The molecule has 1 unspecified atom stereocenters. The summed E-state index contributed by atoms with van der Waals surface area (Å²) in [5.74, 6) is 0.389. The van der Waals surface area contributed by atoms with Crippen LogP contribution in [0.4, 0.5) is 19.0 Å². The molecule has 2 heterocycles. The number of hydrogen-bond donors (Lipinski definition) is 2. The van der Waals surface area contributed by atoms with E-state index >= 15 is 0 Å². The normalized spacial score (nSPS) is 13.7. The fourth-order valence-electron chi connectivity index (χ4n) is 1.83. The van der Waals surface area contributed by atoms with E-state index < -0.39 is 11.9 Å². The van der Waals surface area contributed by atoms with Gasteiger partial charge in [-0.1, -0.05) is 0 Å². The average molecular weight is 287 g/mol. The molecular formula is C12H16F3N5. The van der Waals surface area contributed by atoms with E-state index in [1.165, 1.54) is 16.9 Å². The Morgan fingerprint density at radius 2 is 2.20 bits per heavy atom. The number of fused-ring (bicyclic) bond motifs is 1. The zero-order chi connectivity index (χ0) is 14.8. The highest BCUT2D eigenvalue weighted by Crippen LogP contribution is 2.29. The lowest BCUT2D eigenvalue weighted by Gasteiger charge is -2.08. The smallest absolute Gasteiger partial charge is 0.368 e. The Morgan fingerprint density at radius 1 is 1.45 bits per heavy atom. The quantitative estimate of drug-likeness (QED) is 0.828. The molecule has 8 heteroatoms. The van der Waals surface area contributed by atoms with Crippen molar-refractivity contribution in [1.29, 1.82) is 0 Å². The van der Waals surface area contributed by atoms with Gasteiger partial charge in [0.1, 0.15) is 5.52 Å². The van der Waals surface area contributed by atoms with Crippen LogP contribution in [0.1, 0.15) is 25.5 Å². The molecule has 0 aromatic carbocycles. The van der Waals surface area contributed by atoms with Crippen molar-refractivity contribution in [2.75, 3.05) is 11.9 Å². The van der Waals surface area contributed by atoms with Crippen LogP contribution in [0.15, 0.2) is 18.5 Å². The number of hydrogen-bond acceptors (Lipinski definition) is 4. The zero-order valence-corrected chi connectivity index (χ0v) is 11.0. The van der Waals surface area contributed by atoms with E-state index in [1.54, 1.807) is 0 Å². The first-order valence-corrected chi connectivity index (χ1v) is 6.29. The van der Waals surface area contributed by atoms with Gasteiger partial charge in [-0.3, -0.25) is 0 Å². The van der Waals surface area contributed by atoms with Gasteiger partial charge in [0.05, 0.1) is 0 Å². The largest absolute Gasteiger partial charge is 0.435 e. The van der Waals surface area contributed by atoms with E-state index in [0.29, 0.717) is 17.9 Å². The molecule has 0 saturated carbocycles. The zero-order valence-electron chi connectivity index (χ0n) is 11.0. The fraction of sp³-hybridized carbons (Fsp3) is 0.500. The summed E-state index contributed by atoms with van der Waals surface area (Å²) >= 11 is 0. The third-order valence-electron chi connectivity index (χ3n) is 2.81. The summed E-state index contributed by atoms with van der Waals surface area (Å²) in [7, 11) is 0. The highest BCUT2D eigenvalue weighted by molar-refractivity contribution is 5.67. The molecule has 0 aliphatic rings. The molecule has 0 spiro atoms. The molecule has 2 aromatic rings. The lowest BCUT2D eigenvalue weighted by atomic mass is 10.2. The standard InChI is InChI=1S/C12H16F3N5/c1-8(16)3-2-4-17-11-9-7-10(12(13,14)15)19-20(9)6-5-18-11/h5-8H,2-4,16H2,1H3,(H,17,18). The molecule has 1 atom stereocenters. The lowest BCUT2D eigenvalue weighted by molar-refractivity contribution is -0.141. The summed E-state index contributed by atoms with van der Waals surface area (Å²) < 4.78 is 39.0. The fourth-order valence-corrected chi connectivity index (χ4v) is 1.83. The van der Waals surface area contributed by atoms with Crippen molar-refractivity contribution in [2.45, 2.75) is 32.0 Å². The van der Waals surface area contributed by atoms with Crippen molar-refractivity contribution in [3.8, 4) is 0 Å². The molecule has 0 amide bonds. The monoisotopic (exact) mass is 287 g/mol. The Hall–Kier alpha value is -1.83. The molecule has 0 aliphatic heterocycles. The molecule has 5 nitrogen and oxygen atoms in total. The van der Waals surface area contributed by atoms with Crippen LogP contribution in [0, 0.1) is 0 Å². The molecule has 3 N–H and O–H groups in total. The molecule has 0 bridgehead atoms. The summed E-state index contributed by atoms with van der Waals surface area (Å²) in [5, 5.41) is 6.51. The molecule has 0 saturated heterocycles. The van der Waals surface area contributed by atoms with Crippen molar-refractivity contribution in [3.05, 3.63) is 24.2 Å². The first-order chi connectivity index (χ1) is 9.38. The van der Waals surface area contributed by atoms with Gasteiger partial charge in [0.15, 0.2) is 11.5 Å². The number of nitrogens with zero attached hydrogens (tertiary/aromatic N) is 3. The summed E-state index contributed by atoms with van der Waals surface area (Å²) in [6.07, 6.45) is -0.00608. The molecular weight excluding hydrogens is 271 g/mol. The Kier molecular flexibility index (Phi) is 4.12. The van der Waals surface area contributed by atoms with Crippen molar-refractivity contribution in [3.63, 3.8) is 0 Å².